The SMILES string of the molecule is CCCC(C)C(=O)Nc1cc2c(cc1[N+](=O)[O-])NC(=O)OC2(C)C. The second kappa shape index (κ2) is 6.46. The molecule has 0 aliphatic carbocycles. The number of nitrogens with one attached hydrogen (secondary N) is 2. The lowest BCUT2D eigenvalue weighted by Gasteiger charge is -2.32. The first kappa shape index (κ1) is 17.7. The number of cyclic esters (lactones) is 1. The Morgan fingerprint density at radius 2 is 2.12 bits per heavy atom. The number of fused-ring (bicyclic) bond motifs is 1. The Morgan fingerprint density at radius 3 is 2.71 bits per heavy atom. The third-order valence-corrected chi connectivity index (χ3v) is 3.99. The Morgan fingerprint density at radius 1 is 1.46 bits per heavy atom. The lowest BCUT2D eigenvalue weighted by atomic mass is 9.93. The van der Waals surface area contributed by atoms with Crippen molar-refractivity contribution in [2.45, 2.75) is 46.1 Å². The Labute approximate surface area is 139 Å². The first-order valence-corrected chi connectivity index (χ1v) is 7.79. The van der Waals surface area contributed by atoms with E-state index in [9.17, 15) is 19.7 Å². The summed E-state index contributed by atoms with van der Waals surface area (Å²) in [7, 11) is 0. The van der Waals surface area contributed by atoms with Crippen LogP contribution in [0.3, 0.4) is 0 Å². The summed E-state index contributed by atoms with van der Waals surface area (Å²) in [5.41, 5.74) is -0.265. The molecule has 1 aromatic carbocycles. The molecule has 1 aromatic rings. The Kier molecular flexibility index (Phi) is 4.77. The monoisotopic (exact) mass is 335 g/mol. The maximum Gasteiger partial charge on any atom is 0.412 e. The van der Waals surface area contributed by atoms with Crippen LogP contribution in [0.1, 0.15) is 46.1 Å². The van der Waals surface area contributed by atoms with Gasteiger partial charge in [-0.1, -0.05) is 20.3 Å². The standard InChI is InChI=1S/C16H21N3O5/c1-5-6-9(2)14(20)17-12-7-10-11(8-13(12)19(22)23)18-15(21)24-16(10,3)4/h7-9H,5-6H2,1-4H3,(H,17,20)(H,18,21). The fraction of sp³-hybridized carbons (Fsp3) is 0.500. The number of amides is 2. The van der Waals surface area contributed by atoms with Crippen LogP contribution in [-0.2, 0) is 15.1 Å². The third kappa shape index (κ3) is 3.47. The first-order valence-electron chi connectivity index (χ1n) is 7.79. The normalized spacial score (nSPS) is 16.4. The Balaban J connectivity index is 2.46. The van der Waals surface area contributed by atoms with Gasteiger partial charge in [-0.05, 0) is 26.3 Å². The van der Waals surface area contributed by atoms with Crippen LogP contribution in [-0.4, -0.2) is 16.9 Å². The number of hydrogen-bond donors (Lipinski definition) is 2. The molecule has 0 radical (unpaired) electrons. The number of nitro benzene ring substituents is 1. The number of rotatable bonds is 5. The van der Waals surface area contributed by atoms with E-state index >= 15 is 0 Å². The highest BCUT2D eigenvalue weighted by Crippen LogP contribution is 2.41. The van der Waals surface area contributed by atoms with Crippen molar-refractivity contribution in [3.8, 4) is 0 Å². The van der Waals surface area contributed by atoms with Crippen LogP contribution in [0.15, 0.2) is 12.1 Å². The highest BCUT2D eigenvalue weighted by molar-refractivity contribution is 5.97. The van der Waals surface area contributed by atoms with E-state index in [1.54, 1.807) is 20.8 Å². The zero-order valence-corrected chi connectivity index (χ0v) is 14.1. The Hall–Kier alpha value is -2.64. The average Bonchev–Trinajstić information content (AvgIpc) is 2.46. The molecule has 0 aromatic heterocycles. The van der Waals surface area contributed by atoms with Crippen molar-refractivity contribution in [2.24, 2.45) is 5.92 Å². The number of hydrogen-bond acceptors (Lipinski definition) is 5. The predicted octanol–water partition coefficient (Wildman–Crippen LogP) is 3.77. The molecule has 2 rings (SSSR count). The fourth-order valence-electron chi connectivity index (χ4n) is 2.68. The van der Waals surface area contributed by atoms with Gasteiger partial charge in [0.05, 0.1) is 10.6 Å². The van der Waals surface area contributed by atoms with Crippen LogP contribution in [0.5, 0.6) is 0 Å². The van der Waals surface area contributed by atoms with Crippen LogP contribution in [0.4, 0.5) is 21.9 Å². The number of carbonyl (C=O) groups is 2. The molecule has 8 nitrogen and oxygen atoms in total. The number of carbonyl (C=O) groups excluding carboxylic acids is 2. The molecule has 8 heteroatoms. The van der Waals surface area contributed by atoms with Gasteiger partial charge in [-0.3, -0.25) is 20.2 Å². The average molecular weight is 335 g/mol. The highest BCUT2D eigenvalue weighted by atomic mass is 16.6. The molecule has 2 N–H and O–H groups in total. The zero-order valence-electron chi connectivity index (χ0n) is 14.1. The van der Waals surface area contributed by atoms with Gasteiger partial charge in [0.15, 0.2) is 0 Å². The second-order valence-electron chi connectivity index (χ2n) is 6.38. The van der Waals surface area contributed by atoms with E-state index in [-0.39, 0.29) is 23.2 Å². The first-order chi connectivity index (χ1) is 11.2. The van der Waals surface area contributed by atoms with Gasteiger partial charge < -0.3 is 10.1 Å². The molecular formula is C16H21N3O5. The number of nitrogens with zero attached hydrogens (tertiary/aromatic N) is 1. The molecule has 0 saturated heterocycles. The van der Waals surface area contributed by atoms with Gasteiger partial charge in [0.1, 0.15) is 11.3 Å². The Bertz CT molecular complexity index is 699. The molecule has 0 fully saturated rings. The van der Waals surface area contributed by atoms with Crippen molar-refractivity contribution in [3.63, 3.8) is 0 Å². The van der Waals surface area contributed by atoms with Gasteiger partial charge in [0.25, 0.3) is 5.69 Å². The number of benzene rings is 1. The minimum Gasteiger partial charge on any atom is -0.438 e. The van der Waals surface area contributed by atoms with Crippen LogP contribution in [0.2, 0.25) is 0 Å². The number of ether oxygens (including phenoxy) is 1. The van der Waals surface area contributed by atoms with E-state index in [0.717, 1.165) is 6.42 Å². The summed E-state index contributed by atoms with van der Waals surface area (Å²) < 4.78 is 5.21. The third-order valence-electron chi connectivity index (χ3n) is 3.99. The maximum atomic E-state index is 12.2. The minimum atomic E-state index is -0.957. The van der Waals surface area contributed by atoms with E-state index in [1.165, 1.54) is 12.1 Å². The summed E-state index contributed by atoms with van der Waals surface area (Å²) in [6.45, 7) is 7.10. The van der Waals surface area contributed by atoms with Gasteiger partial charge in [0, 0.05) is 17.5 Å². The quantitative estimate of drug-likeness (QED) is 0.628. The lowest BCUT2D eigenvalue weighted by molar-refractivity contribution is -0.383. The van der Waals surface area contributed by atoms with Crippen LogP contribution >= 0.6 is 0 Å². The summed E-state index contributed by atoms with van der Waals surface area (Å²) in [5, 5.41) is 16.4. The van der Waals surface area contributed by atoms with Crippen molar-refractivity contribution in [1.29, 1.82) is 0 Å². The van der Waals surface area contributed by atoms with E-state index in [2.05, 4.69) is 10.6 Å². The van der Waals surface area contributed by atoms with Gasteiger partial charge in [-0.15, -0.1) is 0 Å². The van der Waals surface area contributed by atoms with Gasteiger partial charge in [-0.25, -0.2) is 4.79 Å². The lowest BCUT2D eigenvalue weighted by Crippen LogP contribution is -2.35. The van der Waals surface area contributed by atoms with E-state index in [4.69, 9.17) is 4.74 Å². The van der Waals surface area contributed by atoms with Crippen LogP contribution in [0.25, 0.3) is 0 Å². The zero-order chi connectivity index (χ0) is 18.1. The van der Waals surface area contributed by atoms with E-state index in [1.807, 2.05) is 6.92 Å². The molecule has 0 bridgehead atoms. The second-order valence-corrected chi connectivity index (χ2v) is 6.38. The molecule has 130 valence electrons. The molecule has 24 heavy (non-hydrogen) atoms. The molecule has 0 spiro atoms. The van der Waals surface area contributed by atoms with Crippen molar-refractivity contribution in [1.82, 2.24) is 0 Å². The highest BCUT2D eigenvalue weighted by Gasteiger charge is 2.36. The molecule has 0 saturated carbocycles. The van der Waals surface area contributed by atoms with Crippen molar-refractivity contribution >= 4 is 29.1 Å². The van der Waals surface area contributed by atoms with Gasteiger partial charge in [0.2, 0.25) is 5.91 Å². The molecule has 1 atom stereocenters. The molecule has 1 aliphatic rings. The molecule has 2 amide bonds. The van der Waals surface area contributed by atoms with Crippen molar-refractivity contribution < 1.29 is 19.2 Å². The van der Waals surface area contributed by atoms with Crippen molar-refractivity contribution in [3.05, 3.63) is 27.8 Å². The summed E-state index contributed by atoms with van der Waals surface area (Å²) in [4.78, 5) is 34.5. The number of nitro groups is 1. The van der Waals surface area contributed by atoms with Crippen LogP contribution < -0.4 is 10.6 Å². The smallest absolute Gasteiger partial charge is 0.412 e. The van der Waals surface area contributed by atoms with Crippen LogP contribution in [0, 0.1) is 16.0 Å². The molecule has 1 aliphatic heterocycles. The number of anilines is 2. The van der Waals surface area contributed by atoms with E-state index in [0.29, 0.717) is 17.7 Å². The summed E-state index contributed by atoms with van der Waals surface area (Å²) in [5.74, 6) is -0.534. The van der Waals surface area contributed by atoms with E-state index < -0.39 is 16.6 Å². The van der Waals surface area contributed by atoms with Gasteiger partial charge in [-0.2, -0.15) is 0 Å². The summed E-state index contributed by atoms with van der Waals surface area (Å²) in [6.07, 6.45) is 0.860. The molecular weight excluding hydrogens is 314 g/mol. The molecule has 1 heterocycles. The molecule has 1 unspecified atom stereocenters. The van der Waals surface area contributed by atoms with Gasteiger partial charge >= 0.3 is 6.09 Å². The minimum absolute atomic E-state index is 0.0968. The summed E-state index contributed by atoms with van der Waals surface area (Å²) >= 11 is 0. The topological polar surface area (TPSA) is 111 Å². The predicted molar refractivity (Wildman–Crippen MR) is 88.9 cm³/mol. The summed E-state index contributed by atoms with van der Waals surface area (Å²) in [6, 6.07) is 2.74. The maximum absolute atomic E-state index is 12.2. The van der Waals surface area contributed by atoms with Crippen molar-refractivity contribution in [2.75, 3.05) is 10.6 Å². The fourth-order valence-corrected chi connectivity index (χ4v) is 2.68. The largest absolute Gasteiger partial charge is 0.438 e.